The van der Waals surface area contributed by atoms with E-state index in [-0.39, 0.29) is 0 Å². The third kappa shape index (κ3) is 1.55. The second-order valence-corrected chi connectivity index (χ2v) is 4.30. The monoisotopic (exact) mass is 219 g/mol. The van der Waals surface area contributed by atoms with Crippen LogP contribution in [-0.2, 0) is 0 Å². The van der Waals surface area contributed by atoms with Crippen LogP contribution >= 0.6 is 0 Å². The van der Waals surface area contributed by atoms with Gasteiger partial charge >= 0.3 is 0 Å². The zero-order valence-corrected chi connectivity index (χ0v) is 9.70. The molecule has 1 N–H and O–H groups in total. The maximum Gasteiger partial charge on any atom is 0.00867 e. The number of hydrogen-bond acceptors (Lipinski definition) is 1. The minimum absolute atomic E-state index is 0.834. The van der Waals surface area contributed by atoms with Crippen LogP contribution in [0.5, 0.6) is 0 Å². The third-order valence-corrected chi connectivity index (χ3v) is 3.20. The molecule has 82 valence electrons. The SMILES string of the molecule is [CH]C1=c2ccccc2=C(C)C=C2C=CNC=C21. The van der Waals surface area contributed by atoms with Gasteiger partial charge in [0.05, 0.1) is 0 Å². The fraction of sp³-hybridized carbons (Fsp3) is 0.0625. The molecule has 2 radical (unpaired) electrons. The van der Waals surface area contributed by atoms with E-state index in [0.29, 0.717) is 0 Å². The van der Waals surface area contributed by atoms with E-state index in [1.54, 1.807) is 0 Å². The lowest BCUT2D eigenvalue weighted by molar-refractivity contribution is 1.15. The first kappa shape index (κ1) is 10.2. The molecule has 3 rings (SSSR count). The predicted octanol–water partition coefficient (Wildman–Crippen LogP) is 1.66. The van der Waals surface area contributed by atoms with Crippen LogP contribution in [0.2, 0.25) is 0 Å². The van der Waals surface area contributed by atoms with Crippen LogP contribution < -0.4 is 15.8 Å². The number of fused-ring (bicyclic) bond motifs is 2. The number of nitrogens with one attached hydrogen (secondary N) is 1. The first-order valence-corrected chi connectivity index (χ1v) is 5.68. The van der Waals surface area contributed by atoms with Crippen molar-refractivity contribution in [2.24, 2.45) is 0 Å². The van der Waals surface area contributed by atoms with Crippen LogP contribution in [0.1, 0.15) is 6.92 Å². The summed E-state index contributed by atoms with van der Waals surface area (Å²) in [7, 11) is 0. The molecule has 1 heterocycles. The lowest BCUT2D eigenvalue weighted by Crippen LogP contribution is -2.27. The molecule has 2 aliphatic rings. The average molecular weight is 219 g/mol. The molecule has 1 aliphatic heterocycles. The van der Waals surface area contributed by atoms with Gasteiger partial charge in [-0.1, -0.05) is 30.3 Å². The molecule has 0 bridgehead atoms. The van der Waals surface area contributed by atoms with Crippen molar-refractivity contribution < 1.29 is 0 Å². The molecule has 17 heavy (non-hydrogen) atoms. The molecular formula is C16H13N. The maximum absolute atomic E-state index is 6.28. The molecule has 0 saturated heterocycles. The average Bonchev–Trinajstić information content (AvgIpc) is 2.48. The summed E-state index contributed by atoms with van der Waals surface area (Å²) in [5.41, 5.74) is 4.31. The van der Waals surface area contributed by atoms with Crippen LogP contribution in [0.4, 0.5) is 0 Å². The predicted molar refractivity (Wildman–Crippen MR) is 70.9 cm³/mol. The fourth-order valence-corrected chi connectivity index (χ4v) is 2.32. The molecule has 1 aromatic carbocycles. The van der Waals surface area contributed by atoms with Crippen molar-refractivity contribution in [1.29, 1.82) is 0 Å². The highest BCUT2D eigenvalue weighted by molar-refractivity contribution is 5.81. The smallest absolute Gasteiger partial charge is 0.00867 e. The van der Waals surface area contributed by atoms with Gasteiger partial charge in [-0.2, -0.15) is 0 Å². The lowest BCUT2D eigenvalue weighted by atomic mass is 9.97. The van der Waals surface area contributed by atoms with Crippen molar-refractivity contribution in [2.45, 2.75) is 6.92 Å². The lowest BCUT2D eigenvalue weighted by Gasteiger charge is -2.12. The molecule has 0 unspecified atom stereocenters. The van der Waals surface area contributed by atoms with Crippen molar-refractivity contribution in [3.05, 3.63) is 77.3 Å². The largest absolute Gasteiger partial charge is 0.367 e. The summed E-state index contributed by atoms with van der Waals surface area (Å²) >= 11 is 0. The Hall–Kier alpha value is -2.02. The van der Waals surface area contributed by atoms with Gasteiger partial charge in [-0.25, -0.2) is 0 Å². The normalized spacial score (nSPS) is 17.5. The van der Waals surface area contributed by atoms with Crippen LogP contribution in [0, 0.1) is 6.92 Å². The van der Waals surface area contributed by atoms with E-state index in [1.165, 1.54) is 10.8 Å². The second-order valence-electron chi connectivity index (χ2n) is 4.30. The summed E-state index contributed by atoms with van der Waals surface area (Å²) in [5.74, 6) is 0. The quantitative estimate of drug-likeness (QED) is 0.699. The first-order valence-electron chi connectivity index (χ1n) is 5.68. The number of allylic oxidation sites excluding steroid dienone is 4. The Balaban J connectivity index is 2.47. The summed E-state index contributed by atoms with van der Waals surface area (Å²) in [6.45, 7) is 8.41. The van der Waals surface area contributed by atoms with Gasteiger partial charge in [0.15, 0.2) is 0 Å². The Morgan fingerprint density at radius 1 is 1.12 bits per heavy atom. The molecule has 0 fully saturated rings. The molecule has 0 amide bonds. The number of rotatable bonds is 0. The zero-order valence-electron chi connectivity index (χ0n) is 9.70. The van der Waals surface area contributed by atoms with Crippen molar-refractivity contribution in [3.8, 4) is 0 Å². The molecule has 1 heteroatoms. The van der Waals surface area contributed by atoms with E-state index in [0.717, 1.165) is 21.9 Å². The van der Waals surface area contributed by atoms with Crippen LogP contribution in [0.15, 0.2) is 60.0 Å². The van der Waals surface area contributed by atoms with Gasteiger partial charge in [-0.15, -0.1) is 0 Å². The summed E-state index contributed by atoms with van der Waals surface area (Å²) in [6, 6.07) is 8.26. The topological polar surface area (TPSA) is 12.0 Å². The zero-order chi connectivity index (χ0) is 11.8. The second kappa shape index (κ2) is 3.77. The molecular weight excluding hydrogens is 206 g/mol. The molecule has 1 nitrogen and oxygen atoms in total. The third-order valence-electron chi connectivity index (χ3n) is 3.20. The van der Waals surface area contributed by atoms with Crippen LogP contribution in [0.25, 0.3) is 11.1 Å². The van der Waals surface area contributed by atoms with E-state index >= 15 is 0 Å². The van der Waals surface area contributed by atoms with Crippen molar-refractivity contribution in [3.63, 3.8) is 0 Å². The Kier molecular flexibility index (Phi) is 2.25. The standard InChI is InChI=1S/C16H13N/c1-11-9-13-7-8-17-10-16(13)12(2)15-6-4-3-5-14(11)15/h2-10,17H,1H3. The van der Waals surface area contributed by atoms with Crippen LogP contribution in [0.3, 0.4) is 0 Å². The van der Waals surface area contributed by atoms with Gasteiger partial charge in [-0.3, -0.25) is 0 Å². The van der Waals surface area contributed by atoms with E-state index in [4.69, 9.17) is 6.92 Å². The fourth-order valence-electron chi connectivity index (χ4n) is 2.32. The highest BCUT2D eigenvalue weighted by atomic mass is 14.8. The highest BCUT2D eigenvalue weighted by Crippen LogP contribution is 2.24. The molecule has 0 atom stereocenters. The minimum atomic E-state index is 0.834. The van der Waals surface area contributed by atoms with E-state index < -0.39 is 0 Å². The summed E-state index contributed by atoms with van der Waals surface area (Å²) in [6.07, 6.45) is 8.11. The molecule has 0 aromatic heterocycles. The minimum Gasteiger partial charge on any atom is -0.367 e. The summed E-state index contributed by atoms with van der Waals surface area (Å²) in [5, 5.41) is 5.41. The maximum atomic E-state index is 6.28. The van der Waals surface area contributed by atoms with Gasteiger partial charge in [0.1, 0.15) is 0 Å². The van der Waals surface area contributed by atoms with Crippen molar-refractivity contribution >= 4 is 11.1 Å². The Morgan fingerprint density at radius 2 is 1.88 bits per heavy atom. The Bertz CT molecular complexity index is 684. The van der Waals surface area contributed by atoms with Crippen molar-refractivity contribution in [1.82, 2.24) is 5.32 Å². The molecule has 1 aliphatic carbocycles. The van der Waals surface area contributed by atoms with Gasteiger partial charge < -0.3 is 5.32 Å². The number of hydrogen-bond donors (Lipinski definition) is 1. The van der Waals surface area contributed by atoms with Crippen LogP contribution in [-0.4, -0.2) is 0 Å². The Labute approximate surface area is 101 Å². The molecule has 0 saturated carbocycles. The van der Waals surface area contributed by atoms with E-state index in [1.807, 2.05) is 24.5 Å². The highest BCUT2D eigenvalue weighted by Gasteiger charge is 2.12. The first-order chi connectivity index (χ1) is 8.27. The summed E-state index contributed by atoms with van der Waals surface area (Å²) in [4.78, 5) is 0. The number of dihydropyridines is 1. The van der Waals surface area contributed by atoms with Gasteiger partial charge in [0, 0.05) is 24.9 Å². The molecule has 0 spiro atoms. The Morgan fingerprint density at radius 3 is 2.71 bits per heavy atom. The van der Waals surface area contributed by atoms with Gasteiger partial charge in [0.25, 0.3) is 0 Å². The van der Waals surface area contributed by atoms with Gasteiger partial charge in [-0.05, 0) is 40.2 Å². The molecule has 1 aromatic rings. The summed E-state index contributed by atoms with van der Waals surface area (Å²) < 4.78 is 0. The van der Waals surface area contributed by atoms with E-state index in [2.05, 4.69) is 36.5 Å². The van der Waals surface area contributed by atoms with Gasteiger partial charge in [0.2, 0.25) is 0 Å². The number of benzene rings is 1. The van der Waals surface area contributed by atoms with E-state index in [9.17, 15) is 0 Å². The van der Waals surface area contributed by atoms with Crippen molar-refractivity contribution in [2.75, 3.05) is 0 Å².